The minimum absolute atomic E-state index is 0.708. The molecule has 0 unspecified atom stereocenters. The fraction of sp³-hybridized carbons (Fsp3) is 0.667. The molecule has 1 N–H and O–H groups in total. The second-order valence-corrected chi connectivity index (χ2v) is 4.55. The lowest BCUT2D eigenvalue weighted by Gasteiger charge is -2.20. The largest absolute Gasteiger partial charge is 0.364 e. The van der Waals surface area contributed by atoms with Crippen LogP contribution in [0.5, 0.6) is 0 Å². The lowest BCUT2D eigenvalue weighted by Crippen LogP contribution is -2.39. The van der Waals surface area contributed by atoms with Crippen LogP contribution >= 0.6 is 0 Å². The Balaban J connectivity index is 1.75. The highest BCUT2D eigenvalue weighted by molar-refractivity contribution is 5.79. The van der Waals surface area contributed by atoms with Gasteiger partial charge in [-0.05, 0) is 12.3 Å². The van der Waals surface area contributed by atoms with Crippen molar-refractivity contribution in [2.24, 2.45) is 10.9 Å². The van der Waals surface area contributed by atoms with Crippen LogP contribution in [0, 0.1) is 5.92 Å². The van der Waals surface area contributed by atoms with E-state index < -0.39 is 0 Å². The van der Waals surface area contributed by atoms with Gasteiger partial charge in [-0.2, -0.15) is 0 Å². The molecular weight excluding hydrogens is 216 g/mol. The normalized spacial score (nSPS) is 16.0. The maximum Gasteiger partial charge on any atom is 0.193 e. The summed E-state index contributed by atoms with van der Waals surface area (Å²) in [7, 11) is 3.81. The monoisotopic (exact) mass is 236 g/mol. The third-order valence-corrected chi connectivity index (χ3v) is 3.00. The fourth-order valence-corrected chi connectivity index (χ4v) is 1.82. The zero-order valence-corrected chi connectivity index (χ0v) is 10.5. The minimum atomic E-state index is 0.708. The van der Waals surface area contributed by atoms with Crippen LogP contribution < -0.4 is 5.32 Å². The van der Waals surface area contributed by atoms with Crippen LogP contribution in [0.2, 0.25) is 0 Å². The molecule has 5 heteroatoms. The van der Waals surface area contributed by atoms with Gasteiger partial charge in [0.2, 0.25) is 0 Å². The van der Waals surface area contributed by atoms with Crippen LogP contribution in [-0.4, -0.2) is 36.7 Å². The molecule has 1 heterocycles. The summed E-state index contributed by atoms with van der Waals surface area (Å²) in [5.41, 5.74) is 0.914. The first kappa shape index (κ1) is 12.0. The Morgan fingerprint density at radius 1 is 1.65 bits per heavy atom. The van der Waals surface area contributed by atoms with Crippen molar-refractivity contribution in [3.05, 3.63) is 18.0 Å². The van der Waals surface area contributed by atoms with Gasteiger partial charge in [0.25, 0.3) is 0 Å². The quantitative estimate of drug-likeness (QED) is 0.621. The Morgan fingerprint density at radius 2 is 2.47 bits per heavy atom. The van der Waals surface area contributed by atoms with Gasteiger partial charge in [0.15, 0.2) is 5.96 Å². The molecule has 5 nitrogen and oxygen atoms in total. The maximum atomic E-state index is 4.81. The Hall–Kier alpha value is -1.52. The summed E-state index contributed by atoms with van der Waals surface area (Å²) in [5.74, 6) is 1.86. The molecule has 1 aromatic rings. The lowest BCUT2D eigenvalue weighted by atomic mass is 10.3. The van der Waals surface area contributed by atoms with Crippen LogP contribution in [0.4, 0.5) is 0 Å². The number of nitrogens with zero attached hydrogens (tertiary/aromatic N) is 3. The van der Waals surface area contributed by atoms with Crippen molar-refractivity contribution in [3.8, 4) is 0 Å². The van der Waals surface area contributed by atoms with Crippen molar-refractivity contribution < 1.29 is 4.52 Å². The number of aliphatic imine (C=N–C) groups is 1. The van der Waals surface area contributed by atoms with Crippen molar-refractivity contribution in [3.63, 3.8) is 0 Å². The summed E-state index contributed by atoms with van der Waals surface area (Å²) in [6.45, 7) is 1.71. The van der Waals surface area contributed by atoms with E-state index in [-0.39, 0.29) is 0 Å². The molecule has 0 atom stereocenters. The number of rotatable bonds is 5. The molecule has 1 fully saturated rings. The summed E-state index contributed by atoms with van der Waals surface area (Å²) in [6, 6.07) is 1.87. The van der Waals surface area contributed by atoms with Gasteiger partial charge >= 0.3 is 0 Å². The second kappa shape index (κ2) is 5.70. The average Bonchev–Trinajstić information content (AvgIpc) is 3.01. The van der Waals surface area contributed by atoms with Gasteiger partial charge in [-0.25, -0.2) is 0 Å². The van der Waals surface area contributed by atoms with E-state index in [0.717, 1.165) is 24.1 Å². The first-order valence-corrected chi connectivity index (χ1v) is 6.10. The molecule has 0 spiro atoms. The van der Waals surface area contributed by atoms with Crippen LogP contribution in [0.25, 0.3) is 0 Å². The number of guanidine groups is 1. The van der Waals surface area contributed by atoms with Gasteiger partial charge < -0.3 is 14.7 Å². The molecule has 1 aromatic heterocycles. The number of aromatic nitrogens is 1. The average molecular weight is 236 g/mol. The summed E-state index contributed by atoms with van der Waals surface area (Å²) in [4.78, 5) is 6.31. The van der Waals surface area contributed by atoms with Crippen molar-refractivity contribution in [1.82, 2.24) is 15.4 Å². The first-order chi connectivity index (χ1) is 8.29. The molecule has 0 aromatic carbocycles. The van der Waals surface area contributed by atoms with E-state index in [1.165, 1.54) is 19.3 Å². The zero-order valence-electron chi connectivity index (χ0n) is 10.5. The lowest BCUT2D eigenvalue weighted by molar-refractivity contribution is 0.391. The van der Waals surface area contributed by atoms with Gasteiger partial charge in [-0.1, -0.05) is 18.0 Å². The summed E-state index contributed by atoms with van der Waals surface area (Å²) < 4.78 is 4.81. The van der Waals surface area contributed by atoms with Crippen molar-refractivity contribution in [1.29, 1.82) is 0 Å². The van der Waals surface area contributed by atoms with Crippen LogP contribution in [0.3, 0.4) is 0 Å². The molecule has 94 valence electrons. The topological polar surface area (TPSA) is 53.7 Å². The number of hydrogen-bond acceptors (Lipinski definition) is 3. The van der Waals surface area contributed by atoms with E-state index in [4.69, 9.17) is 4.52 Å². The Labute approximate surface area is 102 Å². The van der Waals surface area contributed by atoms with E-state index in [1.807, 2.05) is 18.0 Å². The van der Waals surface area contributed by atoms with E-state index in [2.05, 4.69) is 15.5 Å². The number of nitrogens with one attached hydrogen (secondary N) is 1. The molecule has 17 heavy (non-hydrogen) atoms. The second-order valence-electron chi connectivity index (χ2n) is 4.55. The predicted octanol–water partition coefficient (Wildman–Crippen LogP) is 1.48. The van der Waals surface area contributed by atoms with Crippen molar-refractivity contribution >= 4 is 5.96 Å². The van der Waals surface area contributed by atoms with Gasteiger partial charge in [-0.15, -0.1) is 0 Å². The molecule has 1 aliphatic carbocycles. The SMILES string of the molecule is CN=C(NCCC1CC1)N(C)Cc1ccon1. The zero-order chi connectivity index (χ0) is 12.1. The molecule has 2 rings (SSSR count). The third kappa shape index (κ3) is 3.76. The van der Waals surface area contributed by atoms with Crippen molar-refractivity contribution in [2.75, 3.05) is 20.6 Å². The molecule has 1 aliphatic rings. The summed E-state index contributed by atoms with van der Waals surface area (Å²) >= 11 is 0. The van der Waals surface area contributed by atoms with Crippen LogP contribution in [0.15, 0.2) is 21.8 Å². The molecule has 0 radical (unpaired) electrons. The maximum absolute atomic E-state index is 4.81. The molecule has 1 saturated carbocycles. The van der Waals surface area contributed by atoms with Gasteiger partial charge in [0.05, 0.1) is 6.54 Å². The number of hydrogen-bond donors (Lipinski definition) is 1. The minimum Gasteiger partial charge on any atom is -0.364 e. The van der Waals surface area contributed by atoms with E-state index in [0.29, 0.717) is 6.54 Å². The van der Waals surface area contributed by atoms with Gasteiger partial charge in [0.1, 0.15) is 12.0 Å². The van der Waals surface area contributed by atoms with Crippen LogP contribution in [-0.2, 0) is 6.54 Å². The summed E-state index contributed by atoms with van der Waals surface area (Å²) in [6.07, 6.45) is 5.63. The molecule has 0 saturated heterocycles. The Bertz CT molecular complexity index is 357. The highest BCUT2D eigenvalue weighted by Gasteiger charge is 2.20. The standard InChI is InChI=1S/C12H20N4O/c1-13-12(14-7-5-10-3-4-10)16(2)9-11-6-8-17-15-11/h6,8,10H,3-5,7,9H2,1-2H3,(H,13,14). The molecule has 0 aliphatic heterocycles. The molecular formula is C12H20N4O. The van der Waals surface area contributed by atoms with E-state index >= 15 is 0 Å². The third-order valence-electron chi connectivity index (χ3n) is 3.00. The Kier molecular flexibility index (Phi) is 4.01. The molecule has 0 bridgehead atoms. The van der Waals surface area contributed by atoms with Gasteiger partial charge in [0, 0.05) is 26.7 Å². The fourth-order valence-electron chi connectivity index (χ4n) is 1.82. The summed E-state index contributed by atoms with van der Waals surface area (Å²) in [5, 5.41) is 7.26. The van der Waals surface area contributed by atoms with Crippen LogP contribution in [0.1, 0.15) is 25.0 Å². The predicted molar refractivity (Wildman–Crippen MR) is 66.7 cm³/mol. The molecule has 0 amide bonds. The first-order valence-electron chi connectivity index (χ1n) is 6.10. The van der Waals surface area contributed by atoms with E-state index in [9.17, 15) is 0 Å². The van der Waals surface area contributed by atoms with Gasteiger partial charge in [-0.3, -0.25) is 4.99 Å². The Morgan fingerprint density at radius 3 is 3.06 bits per heavy atom. The van der Waals surface area contributed by atoms with Crippen molar-refractivity contribution in [2.45, 2.75) is 25.8 Å². The smallest absolute Gasteiger partial charge is 0.193 e. The highest BCUT2D eigenvalue weighted by Crippen LogP contribution is 2.31. The van der Waals surface area contributed by atoms with E-state index in [1.54, 1.807) is 13.3 Å². The highest BCUT2D eigenvalue weighted by atomic mass is 16.5.